The monoisotopic (exact) mass is 231 g/mol. The van der Waals surface area contributed by atoms with E-state index in [4.69, 9.17) is 10.5 Å². The van der Waals surface area contributed by atoms with Gasteiger partial charge in [-0.2, -0.15) is 0 Å². The highest BCUT2D eigenvalue weighted by atomic mass is 16.5. The fourth-order valence-corrected chi connectivity index (χ4v) is 1.57. The third-order valence-corrected chi connectivity index (χ3v) is 2.48. The van der Waals surface area contributed by atoms with Gasteiger partial charge in [-0.3, -0.25) is 9.69 Å². The molecule has 1 unspecified atom stereocenters. The van der Waals surface area contributed by atoms with E-state index in [1.807, 2.05) is 14.1 Å². The molecule has 0 rings (SSSR count). The van der Waals surface area contributed by atoms with E-state index in [1.54, 1.807) is 0 Å². The molecule has 0 aromatic rings. The molecule has 0 saturated heterocycles. The zero-order valence-corrected chi connectivity index (χ0v) is 10.9. The zero-order chi connectivity index (χ0) is 12.6. The molecule has 0 spiro atoms. The van der Waals surface area contributed by atoms with Crippen molar-refractivity contribution in [2.45, 2.75) is 19.4 Å². The topological polar surface area (TPSA) is 58.8 Å². The van der Waals surface area contributed by atoms with Crippen molar-refractivity contribution in [3.8, 4) is 0 Å². The Morgan fingerprint density at radius 1 is 1.31 bits per heavy atom. The molecule has 0 saturated carbocycles. The van der Waals surface area contributed by atoms with Gasteiger partial charge in [0.25, 0.3) is 0 Å². The summed E-state index contributed by atoms with van der Waals surface area (Å²) in [6, 6.07) is -0.315. The smallest absolute Gasteiger partial charge is 0.324 e. The van der Waals surface area contributed by atoms with Gasteiger partial charge in [0.2, 0.25) is 0 Å². The molecule has 5 heteroatoms. The summed E-state index contributed by atoms with van der Waals surface area (Å²) in [6.07, 6.45) is 1.00. The second-order valence-corrected chi connectivity index (χ2v) is 4.11. The molecule has 2 N–H and O–H groups in total. The summed E-state index contributed by atoms with van der Waals surface area (Å²) in [5.74, 6) is -0.241. The van der Waals surface area contributed by atoms with Gasteiger partial charge < -0.3 is 15.4 Å². The molecular weight excluding hydrogens is 206 g/mol. The lowest BCUT2D eigenvalue weighted by molar-refractivity contribution is -0.146. The first-order valence-corrected chi connectivity index (χ1v) is 5.73. The maximum Gasteiger partial charge on any atom is 0.324 e. The molecule has 5 nitrogen and oxygen atoms in total. The van der Waals surface area contributed by atoms with Crippen LogP contribution >= 0.6 is 0 Å². The van der Waals surface area contributed by atoms with Crippen LogP contribution in [0.25, 0.3) is 0 Å². The van der Waals surface area contributed by atoms with Crippen molar-refractivity contribution in [3.05, 3.63) is 0 Å². The number of carbonyl (C=O) groups excluding carboxylic acids is 1. The number of methoxy groups -OCH3 is 1. The molecule has 96 valence electrons. The normalized spacial score (nSPS) is 13.2. The summed E-state index contributed by atoms with van der Waals surface area (Å²) < 4.78 is 4.76. The molecule has 0 aliphatic rings. The first-order valence-electron chi connectivity index (χ1n) is 5.73. The summed E-state index contributed by atoms with van der Waals surface area (Å²) in [6.45, 7) is 5.00. The Labute approximate surface area is 98.5 Å². The third-order valence-electron chi connectivity index (χ3n) is 2.48. The Kier molecular flexibility index (Phi) is 8.15. The van der Waals surface area contributed by atoms with E-state index in [-0.39, 0.29) is 12.0 Å². The molecule has 16 heavy (non-hydrogen) atoms. The van der Waals surface area contributed by atoms with Crippen LogP contribution in [0.3, 0.4) is 0 Å². The third kappa shape index (κ3) is 5.44. The number of carbonyl (C=O) groups is 1. The lowest BCUT2D eigenvalue weighted by atomic mass is 10.2. The van der Waals surface area contributed by atoms with Crippen LogP contribution in [0.2, 0.25) is 0 Å². The van der Waals surface area contributed by atoms with Crippen molar-refractivity contribution < 1.29 is 9.53 Å². The van der Waals surface area contributed by atoms with E-state index in [0.717, 1.165) is 26.1 Å². The fourth-order valence-electron chi connectivity index (χ4n) is 1.57. The Hall–Kier alpha value is -0.650. The lowest BCUT2D eigenvalue weighted by Crippen LogP contribution is -2.49. The van der Waals surface area contributed by atoms with E-state index in [1.165, 1.54) is 7.11 Å². The maximum atomic E-state index is 11.5. The molecule has 0 bridgehead atoms. The van der Waals surface area contributed by atoms with Crippen molar-refractivity contribution in [1.29, 1.82) is 0 Å². The molecule has 0 aromatic carbocycles. The summed E-state index contributed by atoms with van der Waals surface area (Å²) in [5, 5.41) is 0. The Morgan fingerprint density at radius 3 is 2.31 bits per heavy atom. The van der Waals surface area contributed by atoms with E-state index in [9.17, 15) is 4.79 Å². The Morgan fingerprint density at radius 2 is 1.94 bits per heavy atom. The second-order valence-electron chi connectivity index (χ2n) is 4.11. The minimum absolute atomic E-state index is 0.241. The quantitative estimate of drug-likeness (QED) is 0.584. The fraction of sp³-hybridized carbons (Fsp3) is 0.909. The summed E-state index contributed by atoms with van der Waals surface area (Å²) in [4.78, 5) is 15.7. The Bertz CT molecular complexity index is 198. The molecule has 0 aliphatic heterocycles. The molecule has 0 aliphatic carbocycles. The van der Waals surface area contributed by atoms with Gasteiger partial charge in [0.15, 0.2) is 0 Å². The summed E-state index contributed by atoms with van der Waals surface area (Å²) in [5.41, 5.74) is 5.63. The van der Waals surface area contributed by atoms with Gasteiger partial charge in [0.05, 0.1) is 7.11 Å². The molecule has 0 amide bonds. The standard InChI is InChI=1S/C11H25N3O2/c1-5-6-14(8-7-13(2)3)10(9-12)11(15)16-4/h10H,5-9,12H2,1-4H3. The van der Waals surface area contributed by atoms with E-state index in [0.29, 0.717) is 6.54 Å². The van der Waals surface area contributed by atoms with Gasteiger partial charge in [-0.25, -0.2) is 0 Å². The summed E-state index contributed by atoms with van der Waals surface area (Å²) in [7, 11) is 5.43. The van der Waals surface area contributed by atoms with Crippen LogP contribution in [-0.4, -0.2) is 69.2 Å². The largest absolute Gasteiger partial charge is 0.468 e. The zero-order valence-electron chi connectivity index (χ0n) is 10.9. The highest BCUT2D eigenvalue weighted by molar-refractivity contribution is 5.75. The minimum atomic E-state index is -0.315. The first kappa shape index (κ1) is 15.3. The minimum Gasteiger partial charge on any atom is -0.468 e. The number of hydrogen-bond donors (Lipinski definition) is 1. The van der Waals surface area contributed by atoms with Crippen LogP contribution in [0.1, 0.15) is 13.3 Å². The Balaban J connectivity index is 4.39. The number of esters is 1. The highest BCUT2D eigenvalue weighted by Crippen LogP contribution is 2.02. The van der Waals surface area contributed by atoms with Gasteiger partial charge in [0.1, 0.15) is 6.04 Å². The van der Waals surface area contributed by atoms with Crippen LogP contribution in [0.4, 0.5) is 0 Å². The van der Waals surface area contributed by atoms with Crippen molar-refractivity contribution in [3.63, 3.8) is 0 Å². The second kappa shape index (κ2) is 8.50. The maximum absolute atomic E-state index is 11.5. The molecule has 0 heterocycles. The van der Waals surface area contributed by atoms with Crippen LogP contribution in [0, 0.1) is 0 Å². The first-order chi connectivity index (χ1) is 7.56. The highest BCUT2D eigenvalue weighted by Gasteiger charge is 2.24. The van der Waals surface area contributed by atoms with Gasteiger partial charge in [0, 0.05) is 19.6 Å². The molecule has 0 fully saturated rings. The van der Waals surface area contributed by atoms with Crippen molar-refractivity contribution >= 4 is 5.97 Å². The predicted octanol–water partition coefficient (Wildman–Crippen LogP) is -0.240. The van der Waals surface area contributed by atoms with E-state index in [2.05, 4.69) is 16.7 Å². The van der Waals surface area contributed by atoms with Crippen molar-refractivity contribution in [2.24, 2.45) is 5.73 Å². The summed E-state index contributed by atoms with van der Waals surface area (Å²) >= 11 is 0. The van der Waals surface area contributed by atoms with Crippen molar-refractivity contribution in [2.75, 3.05) is 47.4 Å². The van der Waals surface area contributed by atoms with Crippen molar-refractivity contribution in [1.82, 2.24) is 9.80 Å². The molecule has 0 aromatic heterocycles. The number of hydrogen-bond acceptors (Lipinski definition) is 5. The van der Waals surface area contributed by atoms with Crippen LogP contribution in [-0.2, 0) is 9.53 Å². The van der Waals surface area contributed by atoms with Gasteiger partial charge in [-0.05, 0) is 27.1 Å². The van der Waals surface area contributed by atoms with Crippen LogP contribution in [0.15, 0.2) is 0 Å². The number of ether oxygens (including phenoxy) is 1. The number of nitrogens with zero attached hydrogens (tertiary/aromatic N) is 2. The number of rotatable bonds is 8. The van der Waals surface area contributed by atoms with E-state index < -0.39 is 0 Å². The van der Waals surface area contributed by atoms with Crippen LogP contribution < -0.4 is 5.73 Å². The SMILES string of the molecule is CCCN(CCN(C)C)C(CN)C(=O)OC. The average Bonchev–Trinajstić information content (AvgIpc) is 2.26. The van der Waals surface area contributed by atoms with Gasteiger partial charge >= 0.3 is 5.97 Å². The van der Waals surface area contributed by atoms with Gasteiger partial charge in [-0.15, -0.1) is 0 Å². The van der Waals surface area contributed by atoms with Crippen LogP contribution in [0.5, 0.6) is 0 Å². The number of likely N-dealkylation sites (N-methyl/N-ethyl adjacent to an activating group) is 1. The van der Waals surface area contributed by atoms with Gasteiger partial charge in [-0.1, -0.05) is 6.92 Å². The predicted molar refractivity (Wildman–Crippen MR) is 65.3 cm³/mol. The molecular formula is C11H25N3O2. The van der Waals surface area contributed by atoms with E-state index >= 15 is 0 Å². The number of nitrogens with two attached hydrogens (primary N) is 1. The average molecular weight is 231 g/mol. The molecule has 1 atom stereocenters. The molecule has 0 radical (unpaired) electrons. The lowest BCUT2D eigenvalue weighted by Gasteiger charge is -2.29.